The number of hydrogen-bond donors (Lipinski definition) is 2. The molecule has 0 saturated heterocycles. The van der Waals surface area contributed by atoms with Gasteiger partial charge < -0.3 is 15.4 Å². The Balaban J connectivity index is 2.11. The Morgan fingerprint density at radius 3 is 2.68 bits per heavy atom. The summed E-state index contributed by atoms with van der Waals surface area (Å²) in [6.07, 6.45) is 1.53. The molecule has 0 spiro atoms. The molecule has 0 aliphatic carbocycles. The van der Waals surface area contributed by atoms with Crippen LogP contribution in [0.4, 0.5) is 11.6 Å². The number of benzene rings is 1. The minimum absolute atomic E-state index is 0.658. The van der Waals surface area contributed by atoms with Gasteiger partial charge in [-0.3, -0.25) is 0 Å². The second-order valence-electron chi connectivity index (χ2n) is 4.21. The third-order valence-electron chi connectivity index (χ3n) is 2.82. The van der Waals surface area contributed by atoms with Crippen LogP contribution < -0.4 is 15.4 Å². The zero-order valence-corrected chi connectivity index (χ0v) is 11.4. The number of rotatable bonds is 5. The Morgan fingerprint density at radius 1 is 1.16 bits per heavy atom. The molecular weight excluding hydrogens is 240 g/mol. The Labute approximate surface area is 113 Å². The second kappa shape index (κ2) is 6.04. The summed E-state index contributed by atoms with van der Waals surface area (Å²) in [4.78, 5) is 8.25. The first kappa shape index (κ1) is 13.1. The van der Waals surface area contributed by atoms with Crippen LogP contribution in [-0.4, -0.2) is 24.1 Å². The van der Waals surface area contributed by atoms with Crippen molar-refractivity contribution in [2.75, 3.05) is 24.8 Å². The molecule has 2 aromatic rings. The molecule has 19 heavy (non-hydrogen) atoms. The summed E-state index contributed by atoms with van der Waals surface area (Å²) >= 11 is 0. The SMILES string of the molecule is CNc1cc(NCc2cc(C)ccc2OC)ncn1. The fourth-order valence-electron chi connectivity index (χ4n) is 1.82. The van der Waals surface area contributed by atoms with Crippen LogP contribution in [-0.2, 0) is 6.54 Å². The van der Waals surface area contributed by atoms with Gasteiger partial charge in [0, 0.05) is 25.2 Å². The highest BCUT2D eigenvalue weighted by molar-refractivity contribution is 5.47. The van der Waals surface area contributed by atoms with E-state index in [2.05, 4.69) is 33.6 Å². The minimum atomic E-state index is 0.658. The number of anilines is 2. The lowest BCUT2D eigenvalue weighted by atomic mass is 10.1. The summed E-state index contributed by atoms with van der Waals surface area (Å²) in [6, 6.07) is 7.98. The Hall–Kier alpha value is -2.30. The van der Waals surface area contributed by atoms with Crippen molar-refractivity contribution in [3.05, 3.63) is 41.7 Å². The van der Waals surface area contributed by atoms with Crippen LogP contribution in [0.5, 0.6) is 5.75 Å². The van der Waals surface area contributed by atoms with Crippen LogP contribution >= 0.6 is 0 Å². The Bertz CT molecular complexity index is 557. The van der Waals surface area contributed by atoms with Gasteiger partial charge in [-0.05, 0) is 13.0 Å². The van der Waals surface area contributed by atoms with E-state index in [4.69, 9.17) is 4.74 Å². The molecule has 0 fully saturated rings. The molecule has 1 aromatic heterocycles. The minimum Gasteiger partial charge on any atom is -0.496 e. The molecule has 1 heterocycles. The topological polar surface area (TPSA) is 59.1 Å². The highest BCUT2D eigenvalue weighted by atomic mass is 16.5. The van der Waals surface area contributed by atoms with Crippen molar-refractivity contribution < 1.29 is 4.74 Å². The van der Waals surface area contributed by atoms with E-state index in [1.54, 1.807) is 7.11 Å². The number of nitrogens with one attached hydrogen (secondary N) is 2. The molecule has 0 amide bonds. The van der Waals surface area contributed by atoms with E-state index in [9.17, 15) is 0 Å². The average molecular weight is 258 g/mol. The number of nitrogens with zero attached hydrogens (tertiary/aromatic N) is 2. The number of aryl methyl sites for hydroxylation is 1. The first-order chi connectivity index (χ1) is 9.22. The summed E-state index contributed by atoms with van der Waals surface area (Å²) in [7, 11) is 3.51. The van der Waals surface area contributed by atoms with Crippen molar-refractivity contribution in [2.45, 2.75) is 13.5 Å². The maximum absolute atomic E-state index is 5.35. The monoisotopic (exact) mass is 258 g/mol. The smallest absolute Gasteiger partial charge is 0.131 e. The largest absolute Gasteiger partial charge is 0.496 e. The predicted octanol–water partition coefficient (Wildman–Crippen LogP) is 2.45. The molecule has 0 aliphatic heterocycles. The number of ether oxygens (including phenoxy) is 1. The zero-order valence-electron chi connectivity index (χ0n) is 11.4. The van der Waals surface area contributed by atoms with E-state index in [1.165, 1.54) is 11.9 Å². The lowest BCUT2D eigenvalue weighted by Gasteiger charge is -2.11. The highest BCUT2D eigenvalue weighted by Gasteiger charge is 2.04. The molecule has 0 unspecified atom stereocenters. The number of hydrogen-bond acceptors (Lipinski definition) is 5. The summed E-state index contributed by atoms with van der Waals surface area (Å²) < 4.78 is 5.35. The van der Waals surface area contributed by atoms with Crippen LogP contribution in [0.3, 0.4) is 0 Å². The van der Waals surface area contributed by atoms with Gasteiger partial charge in [-0.15, -0.1) is 0 Å². The Morgan fingerprint density at radius 2 is 1.95 bits per heavy atom. The number of methoxy groups -OCH3 is 1. The highest BCUT2D eigenvalue weighted by Crippen LogP contribution is 2.20. The Kier molecular flexibility index (Phi) is 4.18. The van der Waals surface area contributed by atoms with Crippen molar-refractivity contribution in [1.29, 1.82) is 0 Å². The lowest BCUT2D eigenvalue weighted by Crippen LogP contribution is -2.04. The van der Waals surface area contributed by atoms with Crippen molar-refractivity contribution >= 4 is 11.6 Å². The predicted molar refractivity (Wildman–Crippen MR) is 76.6 cm³/mol. The molecule has 5 heteroatoms. The molecule has 1 aromatic carbocycles. The molecule has 0 radical (unpaired) electrons. The maximum Gasteiger partial charge on any atom is 0.131 e. The number of aromatic nitrogens is 2. The second-order valence-corrected chi connectivity index (χ2v) is 4.21. The third-order valence-corrected chi connectivity index (χ3v) is 2.82. The van der Waals surface area contributed by atoms with Crippen LogP contribution in [0, 0.1) is 6.92 Å². The molecule has 0 atom stereocenters. The first-order valence-electron chi connectivity index (χ1n) is 6.10. The van der Waals surface area contributed by atoms with Crippen molar-refractivity contribution in [2.24, 2.45) is 0 Å². The normalized spacial score (nSPS) is 10.1. The van der Waals surface area contributed by atoms with Gasteiger partial charge in [0.2, 0.25) is 0 Å². The van der Waals surface area contributed by atoms with E-state index >= 15 is 0 Å². The van der Waals surface area contributed by atoms with E-state index < -0.39 is 0 Å². The van der Waals surface area contributed by atoms with Crippen molar-refractivity contribution in [1.82, 2.24) is 9.97 Å². The molecule has 0 saturated carbocycles. The zero-order chi connectivity index (χ0) is 13.7. The van der Waals surface area contributed by atoms with Crippen LogP contribution in [0.2, 0.25) is 0 Å². The molecule has 100 valence electrons. The summed E-state index contributed by atoms with van der Waals surface area (Å²) in [5.74, 6) is 2.44. The van der Waals surface area contributed by atoms with Crippen LogP contribution in [0.1, 0.15) is 11.1 Å². The molecular formula is C14H18N4O. The molecule has 0 aliphatic rings. The molecule has 0 bridgehead atoms. The maximum atomic E-state index is 5.35. The van der Waals surface area contributed by atoms with Crippen LogP contribution in [0.15, 0.2) is 30.6 Å². The van der Waals surface area contributed by atoms with Crippen molar-refractivity contribution in [3.63, 3.8) is 0 Å². The van der Waals surface area contributed by atoms with E-state index in [0.29, 0.717) is 6.54 Å². The van der Waals surface area contributed by atoms with Gasteiger partial charge in [-0.2, -0.15) is 0 Å². The molecule has 2 rings (SSSR count). The van der Waals surface area contributed by atoms with Gasteiger partial charge in [0.1, 0.15) is 23.7 Å². The first-order valence-corrected chi connectivity index (χ1v) is 6.10. The lowest BCUT2D eigenvalue weighted by molar-refractivity contribution is 0.410. The fourth-order valence-corrected chi connectivity index (χ4v) is 1.82. The standard InChI is InChI=1S/C14H18N4O/c1-10-4-5-12(19-3)11(6-10)8-16-14-7-13(15-2)17-9-18-14/h4-7,9H,8H2,1-3H3,(H2,15,16,17,18). The molecule has 5 nitrogen and oxygen atoms in total. The van der Waals surface area contributed by atoms with Crippen LogP contribution in [0.25, 0.3) is 0 Å². The fraction of sp³-hybridized carbons (Fsp3) is 0.286. The van der Waals surface area contributed by atoms with Crippen molar-refractivity contribution in [3.8, 4) is 5.75 Å². The van der Waals surface area contributed by atoms with E-state index in [-0.39, 0.29) is 0 Å². The average Bonchev–Trinajstić information content (AvgIpc) is 2.45. The van der Waals surface area contributed by atoms with E-state index in [1.807, 2.05) is 25.2 Å². The summed E-state index contributed by atoms with van der Waals surface area (Å²) in [5, 5.41) is 6.25. The van der Waals surface area contributed by atoms with E-state index in [0.717, 1.165) is 22.9 Å². The third kappa shape index (κ3) is 3.34. The van der Waals surface area contributed by atoms with Gasteiger partial charge in [0.25, 0.3) is 0 Å². The quantitative estimate of drug-likeness (QED) is 0.862. The van der Waals surface area contributed by atoms with Gasteiger partial charge in [-0.1, -0.05) is 17.7 Å². The van der Waals surface area contributed by atoms with Gasteiger partial charge in [-0.25, -0.2) is 9.97 Å². The molecule has 2 N–H and O–H groups in total. The van der Waals surface area contributed by atoms with Gasteiger partial charge in [0.05, 0.1) is 7.11 Å². The summed E-state index contributed by atoms with van der Waals surface area (Å²) in [5.41, 5.74) is 2.31. The van der Waals surface area contributed by atoms with Gasteiger partial charge in [0.15, 0.2) is 0 Å². The van der Waals surface area contributed by atoms with Gasteiger partial charge >= 0.3 is 0 Å². The summed E-state index contributed by atoms with van der Waals surface area (Å²) in [6.45, 7) is 2.72.